The van der Waals surface area contributed by atoms with Crippen molar-refractivity contribution in [2.24, 2.45) is 0 Å². The summed E-state index contributed by atoms with van der Waals surface area (Å²) in [5.41, 5.74) is 1.85. The average molecular weight is 338 g/mol. The molecule has 0 atom stereocenters. The Labute approximate surface area is 143 Å². The smallest absolute Gasteiger partial charge is 0.336 e. The van der Waals surface area contributed by atoms with Crippen LogP contribution in [0.3, 0.4) is 0 Å². The molecule has 7 nitrogen and oxygen atoms in total. The molecule has 1 amide bonds. The molecule has 2 N–H and O–H groups in total. The third kappa shape index (κ3) is 3.06. The lowest BCUT2D eigenvalue weighted by Crippen LogP contribution is -2.18. The first kappa shape index (κ1) is 15.6. The summed E-state index contributed by atoms with van der Waals surface area (Å²) in [6.07, 6.45) is 2.58. The van der Waals surface area contributed by atoms with E-state index in [0.29, 0.717) is 17.0 Å². The Balaban J connectivity index is 1.60. The van der Waals surface area contributed by atoms with Crippen molar-refractivity contribution in [3.8, 4) is 0 Å². The second-order valence-electron chi connectivity index (χ2n) is 6.15. The Bertz CT molecular complexity index is 995. The molecule has 128 valence electrons. The normalized spacial score (nSPS) is 14.1. The zero-order valence-corrected chi connectivity index (χ0v) is 13.8. The molecule has 0 saturated carbocycles. The van der Waals surface area contributed by atoms with Crippen LogP contribution in [-0.2, 0) is 13.0 Å². The number of nitrogens with one attached hydrogen (secondary N) is 2. The maximum absolute atomic E-state index is 12.5. The molecule has 0 aliphatic carbocycles. The van der Waals surface area contributed by atoms with E-state index >= 15 is 0 Å². The van der Waals surface area contributed by atoms with Crippen LogP contribution in [0.25, 0.3) is 11.0 Å². The Hall–Kier alpha value is -2.93. The topological polar surface area (TPSA) is 89.2 Å². The predicted molar refractivity (Wildman–Crippen MR) is 94.0 cm³/mol. The van der Waals surface area contributed by atoms with Crippen LogP contribution >= 0.6 is 0 Å². The number of aryl methyl sites for hydroxylation is 1. The second kappa shape index (κ2) is 6.18. The fraction of sp³-hybridized carbons (Fsp3) is 0.278. The molecule has 25 heavy (non-hydrogen) atoms. The molecule has 0 unspecified atom stereocenters. The summed E-state index contributed by atoms with van der Waals surface area (Å²) in [5, 5.41) is 6.97. The van der Waals surface area contributed by atoms with E-state index in [1.807, 2.05) is 17.6 Å². The van der Waals surface area contributed by atoms with Crippen LogP contribution in [0.1, 0.15) is 21.9 Å². The Morgan fingerprint density at radius 3 is 3.08 bits per heavy atom. The standard InChI is InChI=1S/C18H18N4O3/c1-11-8-17(23)25-15-9-12(2-3-13(11)15)20-18(24)14-10-22-7-6-19-5-4-16(22)21-14/h2-3,8-10,19H,4-7H2,1H3,(H,20,24). The van der Waals surface area contributed by atoms with E-state index in [-0.39, 0.29) is 5.91 Å². The lowest BCUT2D eigenvalue weighted by Gasteiger charge is -2.06. The molecule has 3 aromatic rings. The minimum absolute atomic E-state index is 0.275. The lowest BCUT2D eigenvalue weighted by atomic mass is 10.1. The third-order valence-electron chi connectivity index (χ3n) is 4.36. The van der Waals surface area contributed by atoms with Gasteiger partial charge in [-0.3, -0.25) is 4.79 Å². The van der Waals surface area contributed by atoms with Gasteiger partial charge in [-0.1, -0.05) is 0 Å². The Morgan fingerprint density at radius 1 is 1.32 bits per heavy atom. The van der Waals surface area contributed by atoms with Gasteiger partial charge in [-0.2, -0.15) is 0 Å². The predicted octanol–water partition coefficient (Wildman–Crippen LogP) is 1.70. The van der Waals surface area contributed by atoms with Gasteiger partial charge in [0.25, 0.3) is 5.91 Å². The van der Waals surface area contributed by atoms with E-state index < -0.39 is 5.63 Å². The van der Waals surface area contributed by atoms with Crippen LogP contribution < -0.4 is 16.3 Å². The summed E-state index contributed by atoms with van der Waals surface area (Å²) < 4.78 is 7.23. The van der Waals surface area contributed by atoms with Crippen LogP contribution in [0.4, 0.5) is 5.69 Å². The second-order valence-corrected chi connectivity index (χ2v) is 6.15. The monoisotopic (exact) mass is 338 g/mol. The van der Waals surface area contributed by atoms with Gasteiger partial charge in [-0.05, 0) is 24.6 Å². The number of hydrogen-bond donors (Lipinski definition) is 2. The van der Waals surface area contributed by atoms with Crippen molar-refractivity contribution < 1.29 is 9.21 Å². The summed E-state index contributed by atoms with van der Waals surface area (Å²) in [4.78, 5) is 28.5. The van der Waals surface area contributed by atoms with Gasteiger partial charge in [0.15, 0.2) is 0 Å². The van der Waals surface area contributed by atoms with Crippen LogP contribution in [0, 0.1) is 6.92 Å². The number of aromatic nitrogens is 2. The molecule has 2 aromatic heterocycles. The minimum atomic E-state index is -0.403. The molecular weight excluding hydrogens is 320 g/mol. The summed E-state index contributed by atoms with van der Waals surface area (Å²) in [7, 11) is 0. The number of rotatable bonds is 2. The van der Waals surface area contributed by atoms with Crippen molar-refractivity contribution >= 4 is 22.6 Å². The van der Waals surface area contributed by atoms with Crippen molar-refractivity contribution in [3.63, 3.8) is 0 Å². The molecule has 7 heteroatoms. The van der Waals surface area contributed by atoms with E-state index in [9.17, 15) is 9.59 Å². The van der Waals surface area contributed by atoms with Gasteiger partial charge in [0.05, 0.1) is 0 Å². The highest BCUT2D eigenvalue weighted by molar-refractivity contribution is 6.03. The van der Waals surface area contributed by atoms with Crippen molar-refractivity contribution in [1.29, 1.82) is 0 Å². The van der Waals surface area contributed by atoms with Crippen molar-refractivity contribution in [2.75, 3.05) is 18.4 Å². The van der Waals surface area contributed by atoms with Crippen molar-refractivity contribution in [2.45, 2.75) is 19.9 Å². The van der Waals surface area contributed by atoms with Gasteiger partial charge in [0, 0.05) is 55.5 Å². The first-order valence-electron chi connectivity index (χ1n) is 8.23. The summed E-state index contributed by atoms with van der Waals surface area (Å²) in [5.74, 6) is 0.637. The highest BCUT2D eigenvalue weighted by atomic mass is 16.4. The SMILES string of the molecule is Cc1cc(=O)oc2cc(NC(=O)c3cn4c(n3)CCNCC4)ccc12. The zero-order chi connectivity index (χ0) is 17.4. The molecule has 0 saturated heterocycles. The number of hydrogen-bond acceptors (Lipinski definition) is 5. The Kier molecular flexibility index (Phi) is 3.85. The van der Waals surface area contributed by atoms with Gasteiger partial charge < -0.3 is 19.6 Å². The maximum atomic E-state index is 12.5. The zero-order valence-electron chi connectivity index (χ0n) is 13.8. The van der Waals surface area contributed by atoms with Gasteiger partial charge in [0.2, 0.25) is 0 Å². The largest absolute Gasteiger partial charge is 0.423 e. The Morgan fingerprint density at radius 2 is 2.20 bits per heavy atom. The number of carbonyl (C=O) groups is 1. The van der Waals surface area contributed by atoms with Crippen molar-refractivity contribution in [3.05, 3.63) is 58.0 Å². The quantitative estimate of drug-likeness (QED) is 0.694. The van der Waals surface area contributed by atoms with Gasteiger partial charge in [0.1, 0.15) is 17.1 Å². The molecule has 1 aliphatic rings. The summed E-state index contributed by atoms with van der Waals surface area (Å²) in [6.45, 7) is 4.38. The minimum Gasteiger partial charge on any atom is -0.423 e. The van der Waals surface area contributed by atoms with Gasteiger partial charge in [-0.25, -0.2) is 9.78 Å². The molecule has 3 heterocycles. The highest BCUT2D eigenvalue weighted by Crippen LogP contribution is 2.21. The first-order chi connectivity index (χ1) is 12.1. The first-order valence-corrected chi connectivity index (χ1v) is 8.23. The number of fused-ring (bicyclic) bond motifs is 2. The number of amides is 1. The molecule has 0 radical (unpaired) electrons. The fourth-order valence-electron chi connectivity index (χ4n) is 3.08. The maximum Gasteiger partial charge on any atom is 0.336 e. The molecule has 1 aromatic carbocycles. The molecular formula is C18H18N4O3. The summed E-state index contributed by atoms with van der Waals surface area (Å²) in [6, 6.07) is 6.73. The van der Waals surface area contributed by atoms with Crippen LogP contribution in [-0.4, -0.2) is 28.5 Å². The van der Waals surface area contributed by atoms with E-state index in [0.717, 1.165) is 42.8 Å². The fourth-order valence-corrected chi connectivity index (χ4v) is 3.08. The molecule has 0 fully saturated rings. The summed E-state index contributed by atoms with van der Waals surface area (Å²) >= 11 is 0. The molecule has 0 bridgehead atoms. The van der Waals surface area contributed by atoms with Crippen molar-refractivity contribution in [1.82, 2.24) is 14.9 Å². The molecule has 1 aliphatic heterocycles. The van der Waals surface area contributed by atoms with Crippen LogP contribution in [0.2, 0.25) is 0 Å². The highest BCUT2D eigenvalue weighted by Gasteiger charge is 2.16. The molecule has 0 spiro atoms. The van der Waals surface area contributed by atoms with E-state index in [4.69, 9.17) is 4.42 Å². The van der Waals surface area contributed by atoms with E-state index in [1.54, 1.807) is 18.3 Å². The van der Waals surface area contributed by atoms with E-state index in [2.05, 4.69) is 15.6 Å². The third-order valence-corrected chi connectivity index (χ3v) is 4.36. The number of anilines is 1. The van der Waals surface area contributed by atoms with Gasteiger partial charge >= 0.3 is 5.63 Å². The van der Waals surface area contributed by atoms with Crippen LogP contribution in [0.5, 0.6) is 0 Å². The number of nitrogens with zero attached hydrogens (tertiary/aromatic N) is 2. The van der Waals surface area contributed by atoms with Crippen LogP contribution in [0.15, 0.2) is 39.7 Å². The molecule has 4 rings (SSSR count). The average Bonchev–Trinajstić information content (AvgIpc) is 2.85. The van der Waals surface area contributed by atoms with E-state index in [1.165, 1.54) is 6.07 Å². The lowest BCUT2D eigenvalue weighted by molar-refractivity contribution is 0.102. The number of imidazole rings is 1. The van der Waals surface area contributed by atoms with Gasteiger partial charge in [-0.15, -0.1) is 0 Å². The number of benzene rings is 1. The number of carbonyl (C=O) groups excluding carboxylic acids is 1.